The van der Waals surface area contributed by atoms with E-state index in [1.807, 2.05) is 39.0 Å². The number of esters is 4. The smallest absolute Gasteiger partial charge is 0.416 e. The molecule has 4 N–H and O–H groups in total. The zero-order valence-corrected chi connectivity index (χ0v) is 70.8. The summed E-state index contributed by atoms with van der Waals surface area (Å²) in [5, 5.41) is 12.9. The molecule has 28 heteroatoms. The van der Waals surface area contributed by atoms with Crippen molar-refractivity contribution in [3.05, 3.63) is 70.4 Å². The number of rotatable bonds is 28. The fourth-order valence-corrected chi connectivity index (χ4v) is 16.5. The van der Waals surface area contributed by atoms with Gasteiger partial charge in [0.05, 0.1) is 71.8 Å². The van der Waals surface area contributed by atoms with Crippen molar-refractivity contribution in [1.29, 1.82) is 0 Å². The topological polar surface area (TPSA) is 308 Å². The minimum Gasteiger partial charge on any atom is -0.495 e. The maximum Gasteiger partial charge on any atom is 0.416 e. The molecule has 0 spiro atoms. The van der Waals surface area contributed by atoms with Gasteiger partial charge in [-0.2, -0.15) is 0 Å². The van der Waals surface area contributed by atoms with E-state index in [4.69, 9.17) is 65.7 Å². The summed E-state index contributed by atoms with van der Waals surface area (Å²) in [5.41, 5.74) is 4.07. The van der Waals surface area contributed by atoms with Gasteiger partial charge in [0.2, 0.25) is 17.7 Å². The molecule has 6 atom stereocenters. The average molecular weight is 1570 g/mol. The molecule has 3 fully saturated rings. The molecule has 0 radical (unpaired) electrons. The highest BCUT2D eigenvalue weighted by Gasteiger charge is 2.48. The summed E-state index contributed by atoms with van der Waals surface area (Å²) in [6, 6.07) is 10.9. The molecule has 0 bridgehead atoms. The normalized spacial score (nSPS) is 19.5. The number of amides is 3. The van der Waals surface area contributed by atoms with Crippen LogP contribution in [0.15, 0.2) is 36.4 Å². The van der Waals surface area contributed by atoms with Gasteiger partial charge in [-0.1, -0.05) is 118 Å². The Bertz CT molecular complexity index is 4400. The van der Waals surface area contributed by atoms with Gasteiger partial charge in [-0.3, -0.25) is 44.0 Å². The Kier molecular flexibility index (Phi) is 29.0. The van der Waals surface area contributed by atoms with Crippen LogP contribution in [-0.4, -0.2) is 161 Å². The number of benzene rings is 2. The number of carbonyl (C=O) groups excluding carboxylic acids is 7. The van der Waals surface area contributed by atoms with Crippen LogP contribution in [-0.2, 0) is 60.5 Å². The van der Waals surface area contributed by atoms with E-state index in [1.54, 1.807) is 39.2 Å². The Morgan fingerprint density at radius 1 is 0.593 bits per heavy atom. The summed E-state index contributed by atoms with van der Waals surface area (Å²) >= 11 is 0. The molecule has 6 aromatic rings. The monoisotopic (exact) mass is 1570 g/mol. The maximum atomic E-state index is 14.0. The van der Waals surface area contributed by atoms with Gasteiger partial charge in [-0.15, -0.1) is 0 Å². The third-order valence-electron chi connectivity index (χ3n) is 22.5. The Morgan fingerprint density at radius 3 is 1.38 bits per heavy atom. The Morgan fingerprint density at radius 2 is 1.00 bits per heavy atom. The molecule has 28 nitrogen and oxygen atoms in total. The van der Waals surface area contributed by atoms with Gasteiger partial charge in [0.15, 0.2) is 11.6 Å². The standard InChI is InChI=1S/C44H64N6O8.C41H58N6O8/c1-12-44(17-18-44)57-26-46-34-22-29(15-16-35(34)54-11)39-47-40-32(23-31-30(19-27(4)5)20-28(6)21-33(31)43(7,8)9)38(45-10)41(50(40)48-39)58-42(53)49(24-36(51)55-13-2)25-37(52)56-14-3;1-23-17-27(39(2,3)4)25(28(18-23)40(5,6)7)20-26-33(42-11)36(55-38(51)46(21-31(48)53-13)22-32(49)54-14)47-35(26)44-34(45-47)24-15-16-30(52-12)29(19-24)43-37(50)41(8,9)10/h15-16,22,27-28,30-31,33,46H,12-14,17-21,23-26H2,1-9,11H3,(H,47,48);15-16,19,23,25,27-28H,17-18,20-22H2,1-10,12-14H3,(H,43,50)(H,44,45). The molecule has 2 aromatic carbocycles. The molecule has 0 aliphatic heterocycles. The van der Waals surface area contributed by atoms with Crippen molar-refractivity contribution in [2.24, 2.45) is 74.9 Å². The molecule has 3 aliphatic carbocycles. The molecule has 3 amide bonds. The minimum absolute atomic E-state index is 0.00488. The number of nitrogens with one attached hydrogen (secondary N) is 4. The third kappa shape index (κ3) is 21.7. The van der Waals surface area contributed by atoms with Gasteiger partial charge < -0.3 is 53.3 Å². The number of hydrogen-bond acceptors (Lipinski definition) is 19. The summed E-state index contributed by atoms with van der Waals surface area (Å²) in [6.07, 6.45) is 7.28. The molecule has 4 aromatic heterocycles. The van der Waals surface area contributed by atoms with Crippen molar-refractivity contribution in [1.82, 2.24) is 39.0 Å². The van der Waals surface area contributed by atoms with Gasteiger partial charge in [0.25, 0.3) is 11.4 Å². The van der Waals surface area contributed by atoms with E-state index in [0.717, 1.165) is 86.6 Å². The van der Waals surface area contributed by atoms with E-state index in [9.17, 15) is 33.6 Å². The second-order valence-electron chi connectivity index (χ2n) is 35.4. The Hall–Kier alpha value is -9.83. The molecule has 3 aliphatic rings. The van der Waals surface area contributed by atoms with Gasteiger partial charge >= 0.3 is 36.1 Å². The number of fused-ring (bicyclic) bond motifs is 2. The molecule has 113 heavy (non-hydrogen) atoms. The van der Waals surface area contributed by atoms with Crippen molar-refractivity contribution in [3.63, 3.8) is 0 Å². The number of H-pyrrole nitrogens is 2. The van der Waals surface area contributed by atoms with Gasteiger partial charge in [0.1, 0.15) is 55.7 Å². The lowest BCUT2D eigenvalue weighted by Gasteiger charge is -2.51. The van der Waals surface area contributed by atoms with Gasteiger partial charge in [-0.25, -0.2) is 38.3 Å². The highest BCUT2D eigenvalue weighted by atomic mass is 16.6. The first kappa shape index (κ1) is 88.7. The molecular weight excluding hydrogens is 1450 g/mol. The highest BCUT2D eigenvalue weighted by molar-refractivity contribution is 5.96. The first-order valence-corrected chi connectivity index (χ1v) is 39.6. The molecule has 0 saturated heterocycles. The number of aromatic amines is 2. The lowest BCUT2D eigenvalue weighted by molar-refractivity contribution is -0.148. The van der Waals surface area contributed by atoms with Crippen LogP contribution < -0.4 is 29.6 Å². The van der Waals surface area contributed by atoms with Crippen molar-refractivity contribution >= 4 is 76.0 Å². The largest absolute Gasteiger partial charge is 0.495 e. The SMILES string of the molecule is [C-]#[N+]c1c(CC2C(C(C)(C)C)CC(C)CC2C(C)(C)C)c2nc(-c3ccc(OC)c(NC(=O)C(C)(C)C)c3)[nH]n2c1OC(=O)N(CC(=O)OC)CC(=O)OC.[C-]#[N+]c1c(CC2C(CC(C)C)CC(C)CC2C(C)(C)C)c2nc(-c3ccc(OC)c(NCOC4(CC)CC4)c3)[nH]n2c1OC(=O)N(CC(=O)OCC)CC(=O)OCC. The number of aromatic nitrogens is 6. The van der Waals surface area contributed by atoms with E-state index in [-0.39, 0.29) is 75.9 Å². The molecular formula is C85H122N12O16. The minimum atomic E-state index is -1.06. The predicted octanol–water partition coefficient (Wildman–Crippen LogP) is 17.0. The molecule has 618 valence electrons. The van der Waals surface area contributed by atoms with E-state index >= 15 is 0 Å². The number of carbonyl (C=O) groups is 7. The lowest BCUT2D eigenvalue weighted by atomic mass is 9.54. The van der Waals surface area contributed by atoms with E-state index in [1.165, 1.54) is 16.1 Å². The van der Waals surface area contributed by atoms with Crippen LogP contribution in [0.2, 0.25) is 0 Å². The van der Waals surface area contributed by atoms with Crippen LogP contribution in [0.1, 0.15) is 194 Å². The first-order valence-electron chi connectivity index (χ1n) is 39.6. The third-order valence-corrected chi connectivity index (χ3v) is 22.5. The van der Waals surface area contributed by atoms with Gasteiger partial charge in [-0.05, 0) is 184 Å². The van der Waals surface area contributed by atoms with E-state index in [0.29, 0.717) is 118 Å². The molecule has 9 rings (SSSR count). The van der Waals surface area contributed by atoms with Crippen molar-refractivity contribution < 1.29 is 76.2 Å². The van der Waals surface area contributed by atoms with E-state index < -0.39 is 67.7 Å². The second-order valence-corrected chi connectivity index (χ2v) is 35.4. The summed E-state index contributed by atoms with van der Waals surface area (Å²) in [7, 11) is 5.46. The number of methoxy groups -OCH3 is 4. The second kappa shape index (κ2) is 37.0. The van der Waals surface area contributed by atoms with Crippen molar-refractivity contribution in [2.45, 2.75) is 201 Å². The maximum absolute atomic E-state index is 14.0. The van der Waals surface area contributed by atoms with Gasteiger partial charge in [0, 0.05) is 27.7 Å². The summed E-state index contributed by atoms with van der Waals surface area (Å²) in [5.74, 6) is 1.88. The van der Waals surface area contributed by atoms with Crippen LogP contribution in [0.5, 0.6) is 23.3 Å². The fraction of sp³-hybridized carbons (Fsp3) is 0.635. The zero-order chi connectivity index (χ0) is 83.6. The fourth-order valence-electron chi connectivity index (χ4n) is 16.5. The number of ether oxygens (including phenoxy) is 9. The van der Waals surface area contributed by atoms with E-state index in [2.05, 4.69) is 127 Å². The quantitative estimate of drug-likeness (QED) is 0.0153. The lowest BCUT2D eigenvalue weighted by Crippen LogP contribution is -2.44. The summed E-state index contributed by atoms with van der Waals surface area (Å²) in [6.45, 7) is 55.6. The van der Waals surface area contributed by atoms with Crippen LogP contribution >= 0.6 is 0 Å². The molecule has 4 heterocycles. The highest BCUT2D eigenvalue weighted by Crippen LogP contribution is 2.56. The van der Waals surface area contributed by atoms with Crippen LogP contribution in [0, 0.1) is 88.1 Å². The number of hydrogen-bond donors (Lipinski definition) is 4. The first-order chi connectivity index (χ1) is 53.1. The van der Waals surface area contributed by atoms with Crippen molar-refractivity contribution in [3.8, 4) is 46.0 Å². The summed E-state index contributed by atoms with van der Waals surface area (Å²) in [4.78, 5) is 110. The molecule has 3 saturated carbocycles. The van der Waals surface area contributed by atoms with Crippen LogP contribution in [0.3, 0.4) is 0 Å². The summed E-state index contributed by atoms with van der Waals surface area (Å²) < 4.78 is 52.1. The Balaban J connectivity index is 0.000000284. The molecule has 6 unspecified atom stereocenters. The zero-order valence-electron chi connectivity index (χ0n) is 70.8. The average Bonchev–Trinajstić information content (AvgIpc) is 1.58. The van der Waals surface area contributed by atoms with Crippen LogP contribution in [0.25, 0.3) is 43.8 Å². The van der Waals surface area contributed by atoms with Crippen molar-refractivity contribution in [2.75, 3.05) is 85.2 Å². The Labute approximate surface area is 666 Å². The van der Waals surface area contributed by atoms with Crippen LogP contribution in [0.4, 0.5) is 32.3 Å². The predicted molar refractivity (Wildman–Crippen MR) is 431 cm³/mol. The number of nitrogens with zero attached hydrogens (tertiary/aromatic N) is 8. The number of anilines is 2.